The SMILES string of the molecule is CCOC(=O)c1nc(Br)c2nc(-c3ccccc3)sc2c1O.CCOC(=O)c1nc(CC)c2nc(-c3ccccc3)sc2c1O. The lowest BCUT2D eigenvalue weighted by Gasteiger charge is -2.06. The molecule has 0 aliphatic carbocycles. The molecule has 2 N–H and O–H groups in total. The number of thiazole rings is 2. The summed E-state index contributed by atoms with van der Waals surface area (Å²) in [6, 6.07) is 19.3. The molecule has 0 spiro atoms. The van der Waals surface area contributed by atoms with Crippen LogP contribution in [-0.4, -0.2) is 55.3 Å². The number of aryl methyl sites for hydroxylation is 1. The predicted octanol–water partition coefficient (Wildman–Crippen LogP) is 7.81. The van der Waals surface area contributed by atoms with E-state index in [-0.39, 0.29) is 36.1 Å². The summed E-state index contributed by atoms with van der Waals surface area (Å²) >= 11 is 5.95. The van der Waals surface area contributed by atoms with Crippen molar-refractivity contribution in [3.05, 3.63) is 82.3 Å². The molecule has 6 rings (SSSR count). The molecule has 0 aliphatic rings. The van der Waals surface area contributed by atoms with Gasteiger partial charge in [0.25, 0.3) is 0 Å². The van der Waals surface area contributed by atoms with E-state index in [0.717, 1.165) is 21.1 Å². The molecule has 0 unspecified atom stereocenters. The maximum Gasteiger partial charge on any atom is 0.360 e. The van der Waals surface area contributed by atoms with Crippen molar-refractivity contribution in [2.24, 2.45) is 0 Å². The van der Waals surface area contributed by atoms with Gasteiger partial charge in [0, 0.05) is 11.1 Å². The fourth-order valence-corrected chi connectivity index (χ4v) is 6.94. The average molecular weight is 708 g/mol. The highest BCUT2D eigenvalue weighted by atomic mass is 79.9. The summed E-state index contributed by atoms with van der Waals surface area (Å²) in [6.07, 6.45) is 0.612. The number of rotatable bonds is 7. The van der Waals surface area contributed by atoms with Crippen LogP contribution in [0.5, 0.6) is 11.5 Å². The van der Waals surface area contributed by atoms with Gasteiger partial charge in [-0.3, -0.25) is 0 Å². The zero-order chi connectivity index (χ0) is 32.1. The summed E-state index contributed by atoms with van der Waals surface area (Å²) in [6.45, 7) is 5.80. The Kier molecular flexibility index (Phi) is 10.0. The first-order chi connectivity index (χ1) is 21.8. The number of aromatic hydroxyl groups is 2. The van der Waals surface area contributed by atoms with Crippen LogP contribution in [0.15, 0.2) is 65.3 Å². The van der Waals surface area contributed by atoms with Crippen LogP contribution in [0.2, 0.25) is 0 Å². The number of pyridine rings is 2. The maximum absolute atomic E-state index is 12.0. The minimum atomic E-state index is -0.655. The van der Waals surface area contributed by atoms with Crippen LogP contribution < -0.4 is 0 Å². The Hall–Kier alpha value is -4.46. The van der Waals surface area contributed by atoms with Gasteiger partial charge in [-0.05, 0) is 36.2 Å². The topological polar surface area (TPSA) is 145 Å². The van der Waals surface area contributed by atoms with Crippen LogP contribution in [0, 0.1) is 0 Å². The number of ether oxygens (including phenoxy) is 2. The largest absolute Gasteiger partial charge is 0.504 e. The van der Waals surface area contributed by atoms with Gasteiger partial charge in [-0.1, -0.05) is 67.6 Å². The van der Waals surface area contributed by atoms with Gasteiger partial charge in [0.1, 0.15) is 35.1 Å². The number of fused-ring (bicyclic) bond motifs is 2. The Bertz CT molecular complexity index is 2000. The second kappa shape index (κ2) is 14.1. The molecule has 0 saturated carbocycles. The van der Waals surface area contributed by atoms with E-state index >= 15 is 0 Å². The second-order valence-electron chi connectivity index (χ2n) is 9.28. The monoisotopic (exact) mass is 706 g/mol. The molecule has 45 heavy (non-hydrogen) atoms. The highest BCUT2D eigenvalue weighted by Crippen LogP contribution is 2.40. The fraction of sp³-hybridized carbons (Fsp3) is 0.188. The summed E-state index contributed by atoms with van der Waals surface area (Å²) in [5.74, 6) is -1.62. The predicted molar refractivity (Wildman–Crippen MR) is 178 cm³/mol. The van der Waals surface area contributed by atoms with E-state index in [1.165, 1.54) is 22.7 Å². The van der Waals surface area contributed by atoms with E-state index in [1.54, 1.807) is 13.8 Å². The number of carbonyl (C=O) groups excluding carboxylic acids is 2. The van der Waals surface area contributed by atoms with Gasteiger partial charge in [-0.15, -0.1) is 22.7 Å². The number of carbonyl (C=O) groups is 2. The van der Waals surface area contributed by atoms with Gasteiger partial charge in [0.2, 0.25) is 0 Å². The van der Waals surface area contributed by atoms with Crippen molar-refractivity contribution in [3.63, 3.8) is 0 Å². The highest BCUT2D eigenvalue weighted by Gasteiger charge is 2.24. The molecule has 0 bridgehead atoms. The van der Waals surface area contributed by atoms with Crippen molar-refractivity contribution in [2.45, 2.75) is 27.2 Å². The van der Waals surface area contributed by atoms with Crippen LogP contribution in [0.4, 0.5) is 0 Å². The van der Waals surface area contributed by atoms with E-state index < -0.39 is 11.9 Å². The number of benzene rings is 2. The van der Waals surface area contributed by atoms with Gasteiger partial charge in [-0.2, -0.15) is 0 Å². The summed E-state index contributed by atoms with van der Waals surface area (Å²) < 4.78 is 11.4. The van der Waals surface area contributed by atoms with E-state index in [1.807, 2.05) is 67.6 Å². The number of esters is 2. The normalized spacial score (nSPS) is 10.8. The molecule has 230 valence electrons. The molecule has 0 aliphatic heterocycles. The first kappa shape index (κ1) is 31.9. The third-order valence-electron chi connectivity index (χ3n) is 6.37. The van der Waals surface area contributed by atoms with Gasteiger partial charge >= 0.3 is 11.9 Å². The van der Waals surface area contributed by atoms with E-state index in [2.05, 4.69) is 35.9 Å². The Labute approximate surface area is 274 Å². The van der Waals surface area contributed by atoms with Crippen LogP contribution in [0.1, 0.15) is 47.4 Å². The van der Waals surface area contributed by atoms with Crippen molar-refractivity contribution < 1.29 is 29.3 Å². The maximum atomic E-state index is 12.0. The molecule has 0 radical (unpaired) electrons. The lowest BCUT2D eigenvalue weighted by Crippen LogP contribution is -2.09. The molecule has 6 aromatic rings. The Morgan fingerprint density at radius 3 is 1.60 bits per heavy atom. The molecular weight excluding hydrogens is 680 g/mol. The average Bonchev–Trinajstić information content (AvgIpc) is 3.72. The third kappa shape index (κ3) is 6.65. The van der Waals surface area contributed by atoms with E-state index in [9.17, 15) is 19.8 Å². The van der Waals surface area contributed by atoms with E-state index in [4.69, 9.17) is 9.47 Å². The zero-order valence-corrected chi connectivity index (χ0v) is 27.6. The fourth-order valence-electron chi connectivity index (χ4n) is 4.30. The molecule has 4 heterocycles. The van der Waals surface area contributed by atoms with Crippen LogP contribution in [-0.2, 0) is 15.9 Å². The minimum absolute atomic E-state index is 0.0422. The highest BCUT2D eigenvalue weighted by molar-refractivity contribution is 9.10. The Morgan fingerprint density at radius 2 is 1.13 bits per heavy atom. The molecule has 0 fully saturated rings. The zero-order valence-electron chi connectivity index (χ0n) is 24.4. The summed E-state index contributed by atoms with van der Waals surface area (Å²) in [5.41, 5.74) is 3.60. The first-order valence-corrected chi connectivity index (χ1v) is 16.4. The number of nitrogens with zero attached hydrogens (tertiary/aromatic N) is 4. The first-order valence-electron chi connectivity index (χ1n) is 13.9. The van der Waals surface area contributed by atoms with E-state index in [0.29, 0.717) is 37.2 Å². The summed E-state index contributed by atoms with van der Waals surface area (Å²) in [4.78, 5) is 41.3. The molecule has 4 aromatic heterocycles. The molecule has 0 saturated heterocycles. The van der Waals surface area contributed by atoms with Gasteiger partial charge in [0.15, 0.2) is 22.9 Å². The number of aromatic nitrogens is 4. The molecule has 10 nitrogen and oxygen atoms in total. The van der Waals surface area contributed by atoms with Gasteiger partial charge in [-0.25, -0.2) is 29.5 Å². The standard InChI is InChI=1S/C17H16N2O3S.C15H11BrN2O3S/c1-3-11-12-15(14(20)13(18-11)17(21)22-4-2)23-16(19-12)10-8-6-5-7-9-10;1-2-21-15(20)9-11(19)12-10(13(16)17-9)18-14(22-12)8-6-4-3-5-7-8/h5-9,20H,3-4H2,1-2H3;3-7,19H,2H2,1H3. The Balaban J connectivity index is 0.000000178. The van der Waals surface area contributed by atoms with Crippen LogP contribution >= 0.6 is 38.6 Å². The van der Waals surface area contributed by atoms with Crippen molar-refractivity contribution >= 4 is 71.0 Å². The lowest BCUT2D eigenvalue weighted by molar-refractivity contribution is 0.0506. The van der Waals surface area contributed by atoms with Crippen LogP contribution in [0.25, 0.3) is 41.6 Å². The third-order valence-corrected chi connectivity index (χ3v) is 9.15. The van der Waals surface area contributed by atoms with Crippen molar-refractivity contribution in [1.82, 2.24) is 19.9 Å². The molecular formula is C32H27BrN4O6S2. The van der Waals surface area contributed by atoms with Gasteiger partial charge < -0.3 is 19.7 Å². The van der Waals surface area contributed by atoms with Crippen molar-refractivity contribution in [3.8, 4) is 32.6 Å². The summed E-state index contributed by atoms with van der Waals surface area (Å²) in [5, 5.41) is 22.3. The minimum Gasteiger partial charge on any atom is -0.504 e. The molecule has 2 aromatic carbocycles. The quantitative estimate of drug-likeness (QED) is 0.125. The lowest BCUT2D eigenvalue weighted by atomic mass is 10.2. The number of hydrogen-bond donors (Lipinski definition) is 2. The molecule has 13 heteroatoms. The number of hydrogen-bond acceptors (Lipinski definition) is 12. The van der Waals surface area contributed by atoms with Crippen molar-refractivity contribution in [2.75, 3.05) is 13.2 Å². The Morgan fingerprint density at radius 1 is 0.689 bits per heavy atom. The smallest absolute Gasteiger partial charge is 0.360 e. The summed E-state index contributed by atoms with van der Waals surface area (Å²) in [7, 11) is 0. The van der Waals surface area contributed by atoms with Crippen molar-refractivity contribution in [1.29, 1.82) is 0 Å². The van der Waals surface area contributed by atoms with Gasteiger partial charge in [0.05, 0.1) is 18.9 Å². The second-order valence-corrected chi connectivity index (χ2v) is 12.0. The molecule has 0 atom stereocenters. The number of halogens is 1. The van der Waals surface area contributed by atoms with Crippen LogP contribution in [0.3, 0.4) is 0 Å². The molecule has 0 amide bonds.